The van der Waals surface area contributed by atoms with E-state index in [0.717, 1.165) is 22.9 Å². The predicted molar refractivity (Wildman–Crippen MR) is 80.5 cm³/mol. The van der Waals surface area contributed by atoms with Gasteiger partial charge in [-0.3, -0.25) is 4.79 Å². The average Bonchev–Trinajstić information content (AvgIpc) is 3.21. The second-order valence-electron chi connectivity index (χ2n) is 5.84. The molecule has 1 aromatic rings. The van der Waals surface area contributed by atoms with Gasteiger partial charge in [0.2, 0.25) is 5.91 Å². The summed E-state index contributed by atoms with van der Waals surface area (Å²) < 4.78 is 1.05. The molecule has 0 saturated heterocycles. The standard InChI is InChI=1S/C15H21BrN2O/c1-15(2,10-17)14(19)18(12-7-8-12)9-11-5-3-4-6-13(11)16/h3-6,12H,7-10,17H2,1-2H3. The molecule has 104 valence electrons. The van der Waals surface area contributed by atoms with Crippen LogP contribution in [0.25, 0.3) is 0 Å². The molecule has 0 spiro atoms. The number of hydrogen-bond donors (Lipinski definition) is 1. The summed E-state index contributed by atoms with van der Waals surface area (Å²) in [6.07, 6.45) is 2.22. The van der Waals surface area contributed by atoms with Gasteiger partial charge in [0.15, 0.2) is 0 Å². The molecule has 1 fully saturated rings. The zero-order chi connectivity index (χ0) is 14.0. The second-order valence-corrected chi connectivity index (χ2v) is 6.70. The number of benzene rings is 1. The van der Waals surface area contributed by atoms with Gasteiger partial charge in [-0.15, -0.1) is 0 Å². The maximum Gasteiger partial charge on any atom is 0.230 e. The summed E-state index contributed by atoms with van der Waals surface area (Å²) in [5.74, 6) is 0.160. The summed E-state index contributed by atoms with van der Waals surface area (Å²) in [5.41, 5.74) is 6.40. The van der Waals surface area contributed by atoms with Crippen molar-refractivity contribution in [3.63, 3.8) is 0 Å². The van der Waals surface area contributed by atoms with Crippen molar-refractivity contribution in [2.45, 2.75) is 39.3 Å². The minimum absolute atomic E-state index is 0.160. The van der Waals surface area contributed by atoms with Crippen molar-refractivity contribution >= 4 is 21.8 Å². The number of nitrogens with two attached hydrogens (primary N) is 1. The van der Waals surface area contributed by atoms with Crippen molar-refractivity contribution in [1.82, 2.24) is 4.90 Å². The van der Waals surface area contributed by atoms with Crippen LogP contribution in [-0.2, 0) is 11.3 Å². The molecular formula is C15H21BrN2O. The topological polar surface area (TPSA) is 46.3 Å². The molecule has 0 atom stereocenters. The number of carbonyl (C=O) groups is 1. The summed E-state index contributed by atoms with van der Waals surface area (Å²) in [6.45, 7) is 4.88. The van der Waals surface area contributed by atoms with E-state index in [1.54, 1.807) is 0 Å². The molecule has 0 heterocycles. The molecule has 0 radical (unpaired) electrons. The van der Waals surface area contributed by atoms with Gasteiger partial charge in [-0.25, -0.2) is 0 Å². The Bertz CT molecular complexity index is 469. The fourth-order valence-electron chi connectivity index (χ4n) is 2.04. The minimum Gasteiger partial charge on any atom is -0.335 e. The van der Waals surface area contributed by atoms with Gasteiger partial charge >= 0.3 is 0 Å². The molecule has 2 N–H and O–H groups in total. The normalized spacial score (nSPS) is 15.4. The fraction of sp³-hybridized carbons (Fsp3) is 0.533. The van der Waals surface area contributed by atoms with Crippen LogP contribution >= 0.6 is 15.9 Å². The maximum atomic E-state index is 12.6. The smallest absolute Gasteiger partial charge is 0.230 e. The molecule has 0 aromatic heterocycles. The molecule has 0 aliphatic heterocycles. The van der Waals surface area contributed by atoms with Gasteiger partial charge in [0.1, 0.15) is 0 Å². The van der Waals surface area contributed by atoms with E-state index >= 15 is 0 Å². The van der Waals surface area contributed by atoms with E-state index in [4.69, 9.17) is 5.73 Å². The SMILES string of the molecule is CC(C)(CN)C(=O)N(Cc1ccccc1Br)C1CC1. The summed E-state index contributed by atoms with van der Waals surface area (Å²) in [5, 5.41) is 0. The summed E-state index contributed by atoms with van der Waals surface area (Å²) in [6, 6.07) is 8.45. The molecule has 3 nitrogen and oxygen atoms in total. The van der Waals surface area contributed by atoms with Crippen molar-refractivity contribution in [2.75, 3.05) is 6.54 Å². The first kappa shape index (κ1) is 14.5. The van der Waals surface area contributed by atoms with E-state index in [-0.39, 0.29) is 5.91 Å². The van der Waals surface area contributed by atoms with Crippen molar-refractivity contribution in [1.29, 1.82) is 0 Å². The Morgan fingerprint density at radius 1 is 1.42 bits per heavy atom. The van der Waals surface area contributed by atoms with Crippen LogP contribution in [0.15, 0.2) is 28.7 Å². The van der Waals surface area contributed by atoms with E-state index in [2.05, 4.69) is 22.0 Å². The summed E-state index contributed by atoms with van der Waals surface area (Å²) in [4.78, 5) is 14.6. The summed E-state index contributed by atoms with van der Waals surface area (Å²) >= 11 is 3.55. The van der Waals surface area contributed by atoms with Gasteiger partial charge in [-0.2, -0.15) is 0 Å². The van der Waals surface area contributed by atoms with Crippen LogP contribution in [0.5, 0.6) is 0 Å². The first-order chi connectivity index (χ1) is 8.95. The van der Waals surface area contributed by atoms with Crippen LogP contribution in [0.2, 0.25) is 0 Å². The van der Waals surface area contributed by atoms with Crippen LogP contribution in [0.1, 0.15) is 32.3 Å². The van der Waals surface area contributed by atoms with Gasteiger partial charge in [0, 0.05) is 23.6 Å². The Morgan fingerprint density at radius 3 is 2.58 bits per heavy atom. The monoisotopic (exact) mass is 324 g/mol. The molecule has 0 bridgehead atoms. The Hall–Kier alpha value is -0.870. The molecule has 2 rings (SSSR count). The summed E-state index contributed by atoms with van der Waals surface area (Å²) in [7, 11) is 0. The largest absolute Gasteiger partial charge is 0.335 e. The lowest BCUT2D eigenvalue weighted by Crippen LogP contribution is -2.45. The van der Waals surface area contributed by atoms with Gasteiger partial charge in [-0.1, -0.05) is 34.1 Å². The third kappa shape index (κ3) is 3.37. The highest BCUT2D eigenvalue weighted by Gasteiger charge is 2.39. The third-order valence-corrected chi connectivity index (χ3v) is 4.41. The van der Waals surface area contributed by atoms with E-state index in [1.807, 2.05) is 36.9 Å². The maximum absolute atomic E-state index is 12.6. The van der Waals surface area contributed by atoms with Gasteiger partial charge in [0.25, 0.3) is 0 Å². The second kappa shape index (κ2) is 5.63. The van der Waals surface area contributed by atoms with Crippen LogP contribution in [-0.4, -0.2) is 23.4 Å². The molecular weight excluding hydrogens is 304 g/mol. The number of amides is 1. The zero-order valence-electron chi connectivity index (χ0n) is 11.5. The lowest BCUT2D eigenvalue weighted by atomic mass is 9.91. The number of carbonyl (C=O) groups excluding carboxylic acids is 1. The zero-order valence-corrected chi connectivity index (χ0v) is 13.1. The van der Waals surface area contributed by atoms with Crippen molar-refractivity contribution in [3.8, 4) is 0 Å². The molecule has 0 unspecified atom stereocenters. The molecule has 4 heteroatoms. The number of rotatable bonds is 5. The molecule has 1 aliphatic rings. The Morgan fingerprint density at radius 2 is 2.05 bits per heavy atom. The molecule has 1 aromatic carbocycles. The molecule has 1 amide bonds. The third-order valence-electron chi connectivity index (χ3n) is 3.64. The highest BCUT2D eigenvalue weighted by molar-refractivity contribution is 9.10. The average molecular weight is 325 g/mol. The van der Waals surface area contributed by atoms with E-state index < -0.39 is 5.41 Å². The van der Waals surface area contributed by atoms with Gasteiger partial charge < -0.3 is 10.6 Å². The predicted octanol–water partition coefficient (Wildman–Crippen LogP) is 2.93. The van der Waals surface area contributed by atoms with Gasteiger partial charge in [-0.05, 0) is 38.3 Å². The minimum atomic E-state index is -0.482. The van der Waals surface area contributed by atoms with Crippen LogP contribution in [0.4, 0.5) is 0 Å². The number of halogens is 1. The number of nitrogens with zero attached hydrogens (tertiary/aromatic N) is 1. The molecule has 19 heavy (non-hydrogen) atoms. The van der Waals surface area contributed by atoms with Crippen molar-refractivity contribution in [2.24, 2.45) is 11.1 Å². The van der Waals surface area contributed by atoms with Crippen LogP contribution in [0, 0.1) is 5.41 Å². The Balaban J connectivity index is 2.18. The fourth-order valence-corrected chi connectivity index (χ4v) is 2.45. The number of hydrogen-bond acceptors (Lipinski definition) is 2. The molecule has 1 aliphatic carbocycles. The first-order valence-electron chi connectivity index (χ1n) is 6.70. The van der Waals surface area contributed by atoms with Gasteiger partial charge in [0.05, 0.1) is 5.41 Å². The quantitative estimate of drug-likeness (QED) is 0.905. The Labute approximate surface area is 123 Å². The van der Waals surface area contributed by atoms with Crippen LogP contribution < -0.4 is 5.73 Å². The molecule has 1 saturated carbocycles. The Kier molecular flexibility index (Phi) is 4.31. The lowest BCUT2D eigenvalue weighted by molar-refractivity contribution is -0.141. The van der Waals surface area contributed by atoms with Crippen LogP contribution in [0.3, 0.4) is 0 Å². The van der Waals surface area contributed by atoms with E-state index in [0.29, 0.717) is 19.1 Å². The lowest BCUT2D eigenvalue weighted by Gasteiger charge is -2.31. The highest BCUT2D eigenvalue weighted by Crippen LogP contribution is 2.33. The first-order valence-corrected chi connectivity index (χ1v) is 7.49. The van der Waals surface area contributed by atoms with Crippen molar-refractivity contribution in [3.05, 3.63) is 34.3 Å². The van der Waals surface area contributed by atoms with E-state index in [1.165, 1.54) is 0 Å². The van der Waals surface area contributed by atoms with E-state index in [9.17, 15) is 4.79 Å². The highest BCUT2D eigenvalue weighted by atomic mass is 79.9. The van der Waals surface area contributed by atoms with Crippen molar-refractivity contribution < 1.29 is 4.79 Å².